The summed E-state index contributed by atoms with van der Waals surface area (Å²) in [7, 11) is -7.12. The van der Waals surface area contributed by atoms with Crippen molar-refractivity contribution in [2.75, 3.05) is 24.7 Å². The molecule has 1 heterocycles. The van der Waals surface area contributed by atoms with Gasteiger partial charge in [-0.15, -0.1) is 0 Å². The van der Waals surface area contributed by atoms with Gasteiger partial charge in [0.1, 0.15) is 0 Å². The van der Waals surface area contributed by atoms with Crippen LogP contribution in [0.2, 0.25) is 0 Å². The highest BCUT2D eigenvalue weighted by molar-refractivity contribution is 7.89. The Hall–Kier alpha value is -2.02. The minimum atomic E-state index is -3.83. The van der Waals surface area contributed by atoms with Crippen molar-refractivity contribution >= 4 is 37.6 Å². The highest BCUT2D eigenvalue weighted by Gasteiger charge is 2.31. The fourth-order valence-electron chi connectivity index (χ4n) is 2.72. The van der Waals surface area contributed by atoms with E-state index in [1.165, 1.54) is 35.5 Å². The first kappa shape index (κ1) is 22.3. The maximum atomic E-state index is 12.2. The zero-order valence-electron chi connectivity index (χ0n) is 15.5. The number of hydrogen-bond donors (Lipinski definition) is 2. The summed E-state index contributed by atoms with van der Waals surface area (Å²) < 4.78 is 51.9. The quantitative estimate of drug-likeness (QED) is 0.593. The molecule has 0 radical (unpaired) electrons. The van der Waals surface area contributed by atoms with E-state index in [0.717, 1.165) is 6.26 Å². The van der Waals surface area contributed by atoms with E-state index in [-0.39, 0.29) is 18.0 Å². The van der Waals surface area contributed by atoms with Crippen LogP contribution in [0.4, 0.5) is 5.69 Å². The topological polar surface area (TPSA) is 153 Å². The van der Waals surface area contributed by atoms with E-state index in [1.54, 1.807) is 0 Å². The van der Waals surface area contributed by atoms with Crippen molar-refractivity contribution in [1.29, 1.82) is 0 Å². The Kier molecular flexibility index (Phi) is 6.80. The lowest BCUT2D eigenvalue weighted by molar-refractivity contribution is -0.158. The number of sulfonamides is 2. The molecule has 1 amide bonds. The summed E-state index contributed by atoms with van der Waals surface area (Å²) in [5, 5.41) is 7.52. The summed E-state index contributed by atoms with van der Waals surface area (Å²) >= 11 is 0. The Bertz CT molecular complexity index is 935. The van der Waals surface area contributed by atoms with Gasteiger partial charge in [0.05, 0.1) is 17.1 Å². The van der Waals surface area contributed by atoms with E-state index in [1.807, 2.05) is 0 Å². The molecule has 0 bridgehead atoms. The number of esters is 1. The Morgan fingerprint density at radius 3 is 2.14 bits per heavy atom. The molecule has 28 heavy (non-hydrogen) atoms. The lowest BCUT2D eigenvalue weighted by atomic mass is 9.98. The van der Waals surface area contributed by atoms with Crippen LogP contribution < -0.4 is 10.5 Å². The van der Waals surface area contributed by atoms with Crippen LogP contribution in [0, 0.1) is 5.92 Å². The first-order valence-electron chi connectivity index (χ1n) is 8.47. The summed E-state index contributed by atoms with van der Waals surface area (Å²) in [5.74, 6) is -1.60. The van der Waals surface area contributed by atoms with Gasteiger partial charge in [-0.3, -0.25) is 9.59 Å². The van der Waals surface area contributed by atoms with Crippen LogP contribution in [-0.2, 0) is 34.4 Å². The second-order valence-electron chi connectivity index (χ2n) is 6.57. The Morgan fingerprint density at radius 2 is 1.68 bits per heavy atom. The van der Waals surface area contributed by atoms with Crippen molar-refractivity contribution < 1.29 is 31.2 Å². The normalized spacial score (nSPS) is 17.7. The van der Waals surface area contributed by atoms with E-state index >= 15 is 0 Å². The van der Waals surface area contributed by atoms with E-state index in [2.05, 4.69) is 5.32 Å². The number of nitrogens with one attached hydrogen (secondary N) is 1. The summed E-state index contributed by atoms with van der Waals surface area (Å²) in [6.45, 7) is 1.88. The van der Waals surface area contributed by atoms with Gasteiger partial charge in [0, 0.05) is 18.8 Å². The number of primary sulfonamides is 1. The van der Waals surface area contributed by atoms with Crippen LogP contribution in [0.5, 0.6) is 0 Å². The average molecular weight is 434 g/mol. The van der Waals surface area contributed by atoms with Gasteiger partial charge >= 0.3 is 5.97 Å². The number of nitrogens with two attached hydrogens (primary N) is 1. The fourth-order valence-corrected chi connectivity index (χ4v) is 4.11. The molecule has 1 atom stereocenters. The van der Waals surface area contributed by atoms with Gasteiger partial charge in [0.25, 0.3) is 5.91 Å². The third kappa shape index (κ3) is 5.99. The van der Waals surface area contributed by atoms with Gasteiger partial charge in [0.2, 0.25) is 20.0 Å². The zero-order valence-corrected chi connectivity index (χ0v) is 17.1. The number of rotatable bonds is 6. The van der Waals surface area contributed by atoms with Crippen LogP contribution in [0.25, 0.3) is 0 Å². The molecule has 3 N–H and O–H groups in total. The molecule has 1 saturated heterocycles. The van der Waals surface area contributed by atoms with Crippen molar-refractivity contribution in [2.24, 2.45) is 11.1 Å². The predicted molar refractivity (Wildman–Crippen MR) is 101 cm³/mol. The summed E-state index contributed by atoms with van der Waals surface area (Å²) in [4.78, 5) is 24.3. The molecule has 1 aromatic carbocycles. The van der Waals surface area contributed by atoms with E-state index < -0.39 is 43.9 Å². The van der Waals surface area contributed by atoms with Gasteiger partial charge in [0.15, 0.2) is 6.10 Å². The monoisotopic (exact) mass is 433 g/mol. The zero-order chi connectivity index (χ0) is 21.1. The molecule has 10 nitrogen and oxygen atoms in total. The minimum Gasteiger partial charge on any atom is -0.452 e. The van der Waals surface area contributed by atoms with E-state index in [9.17, 15) is 26.4 Å². The van der Waals surface area contributed by atoms with Crippen LogP contribution >= 0.6 is 0 Å². The molecule has 0 saturated carbocycles. The van der Waals surface area contributed by atoms with Gasteiger partial charge in [-0.25, -0.2) is 26.3 Å². The highest BCUT2D eigenvalue weighted by atomic mass is 32.2. The molecule has 1 aliphatic rings. The largest absolute Gasteiger partial charge is 0.452 e. The molecular formula is C16H23N3O7S2. The number of ether oxygens (including phenoxy) is 1. The molecule has 0 aliphatic carbocycles. The SMILES string of the molecule is CC(OC(=O)C1CCN(S(C)(=O)=O)CC1)C(=O)Nc1ccc(S(N)(=O)=O)cc1. The minimum absolute atomic E-state index is 0.0922. The van der Waals surface area contributed by atoms with Gasteiger partial charge in [-0.2, -0.15) is 0 Å². The van der Waals surface area contributed by atoms with Crippen LogP contribution in [0.1, 0.15) is 19.8 Å². The first-order valence-corrected chi connectivity index (χ1v) is 11.9. The Balaban J connectivity index is 1.87. The number of anilines is 1. The third-order valence-corrected chi connectivity index (χ3v) is 6.60. The Labute approximate surface area is 164 Å². The number of benzene rings is 1. The van der Waals surface area contributed by atoms with Crippen molar-refractivity contribution in [3.8, 4) is 0 Å². The van der Waals surface area contributed by atoms with Gasteiger partial charge in [-0.05, 0) is 44.0 Å². The maximum Gasteiger partial charge on any atom is 0.309 e. The molecule has 1 fully saturated rings. The molecule has 156 valence electrons. The molecular weight excluding hydrogens is 410 g/mol. The van der Waals surface area contributed by atoms with E-state index in [0.29, 0.717) is 18.5 Å². The number of carbonyl (C=O) groups is 2. The molecule has 0 aromatic heterocycles. The van der Waals surface area contributed by atoms with Gasteiger partial charge in [-0.1, -0.05) is 0 Å². The molecule has 1 unspecified atom stereocenters. The number of hydrogen-bond acceptors (Lipinski definition) is 7. The molecule has 12 heteroatoms. The van der Waals surface area contributed by atoms with Crippen molar-refractivity contribution in [3.63, 3.8) is 0 Å². The average Bonchev–Trinajstić information content (AvgIpc) is 2.60. The lowest BCUT2D eigenvalue weighted by Crippen LogP contribution is -2.41. The number of carbonyl (C=O) groups excluding carboxylic acids is 2. The molecule has 1 aliphatic heterocycles. The Morgan fingerprint density at radius 1 is 1.14 bits per heavy atom. The second kappa shape index (κ2) is 8.55. The lowest BCUT2D eigenvalue weighted by Gasteiger charge is -2.29. The molecule has 1 aromatic rings. The third-order valence-electron chi connectivity index (χ3n) is 4.37. The molecule has 0 spiro atoms. The second-order valence-corrected chi connectivity index (χ2v) is 10.1. The predicted octanol–water partition coefficient (Wildman–Crippen LogP) is -0.124. The van der Waals surface area contributed by atoms with E-state index in [4.69, 9.17) is 9.88 Å². The number of amides is 1. The summed E-state index contributed by atoms with van der Waals surface area (Å²) in [6.07, 6.45) is 0.705. The van der Waals surface area contributed by atoms with Crippen molar-refractivity contribution in [3.05, 3.63) is 24.3 Å². The fraction of sp³-hybridized carbons (Fsp3) is 0.500. The molecule has 2 rings (SSSR count). The summed E-state index contributed by atoms with van der Waals surface area (Å²) in [5.41, 5.74) is 0.321. The number of nitrogens with zero attached hydrogens (tertiary/aromatic N) is 1. The van der Waals surface area contributed by atoms with Crippen molar-refractivity contribution in [1.82, 2.24) is 4.31 Å². The van der Waals surface area contributed by atoms with Crippen molar-refractivity contribution in [2.45, 2.75) is 30.8 Å². The first-order chi connectivity index (χ1) is 12.9. The summed E-state index contributed by atoms with van der Waals surface area (Å²) in [6, 6.07) is 5.23. The number of piperidine rings is 1. The standard InChI is InChI=1S/C16H23N3O7S2/c1-11(15(20)18-13-3-5-14(6-4-13)28(17,24)25)26-16(21)12-7-9-19(10-8-12)27(2,22)23/h3-6,11-12H,7-10H2,1-2H3,(H,18,20)(H2,17,24,25). The van der Waals surface area contributed by atoms with Crippen LogP contribution in [-0.4, -0.2) is 58.5 Å². The maximum absolute atomic E-state index is 12.2. The van der Waals surface area contributed by atoms with Crippen LogP contribution in [0.15, 0.2) is 29.2 Å². The van der Waals surface area contributed by atoms with Gasteiger partial charge < -0.3 is 10.1 Å². The highest BCUT2D eigenvalue weighted by Crippen LogP contribution is 2.21. The van der Waals surface area contributed by atoms with Crippen LogP contribution in [0.3, 0.4) is 0 Å². The smallest absolute Gasteiger partial charge is 0.309 e.